The lowest BCUT2D eigenvalue weighted by molar-refractivity contribution is 0.0603. The minimum absolute atomic E-state index is 0.241. The van der Waals surface area contributed by atoms with Gasteiger partial charge in [-0.05, 0) is 50.1 Å². The topological polar surface area (TPSA) is 85.7 Å². The molecule has 0 fully saturated rings. The number of hydrogen-bond donors (Lipinski definition) is 0. The third-order valence-electron chi connectivity index (χ3n) is 5.17. The number of fused-ring (bicyclic) bond motifs is 1. The van der Waals surface area contributed by atoms with Crippen molar-refractivity contribution in [3.05, 3.63) is 65.4 Å². The van der Waals surface area contributed by atoms with Crippen LogP contribution in [0.25, 0.3) is 10.9 Å². The second-order valence-electron chi connectivity index (χ2n) is 7.26. The number of rotatable bonds is 5. The predicted molar refractivity (Wildman–Crippen MR) is 117 cm³/mol. The van der Waals surface area contributed by atoms with Gasteiger partial charge in [-0.1, -0.05) is 24.3 Å². The molecule has 0 unspecified atom stereocenters. The number of carbonyl (C=O) groups excluding carboxylic acids is 2. The number of ether oxygens (including phenoxy) is 1. The molecule has 0 spiro atoms. The van der Waals surface area contributed by atoms with Crippen molar-refractivity contribution in [2.45, 2.75) is 26.8 Å². The monoisotopic (exact) mass is 428 g/mol. The van der Waals surface area contributed by atoms with Gasteiger partial charge in [0, 0.05) is 11.6 Å². The Hall–Kier alpha value is -3.13. The first-order valence-electron chi connectivity index (χ1n) is 9.35. The number of para-hydroxylation sites is 1. The lowest BCUT2D eigenvalue weighted by Crippen LogP contribution is -2.44. The highest BCUT2D eigenvalue weighted by molar-refractivity contribution is 7.92. The number of sulfonamides is 1. The van der Waals surface area contributed by atoms with Crippen molar-refractivity contribution >= 4 is 38.5 Å². The molecule has 7 nitrogen and oxygen atoms in total. The first-order chi connectivity index (χ1) is 14.1. The molecule has 0 bridgehead atoms. The molecule has 1 atom stereocenters. The van der Waals surface area contributed by atoms with Gasteiger partial charge in [0.05, 0.1) is 30.1 Å². The summed E-state index contributed by atoms with van der Waals surface area (Å²) in [5, 5.41) is 0.557. The zero-order valence-electron chi connectivity index (χ0n) is 17.5. The quantitative estimate of drug-likeness (QED) is 0.580. The molecule has 3 rings (SSSR count). The summed E-state index contributed by atoms with van der Waals surface area (Å²) >= 11 is 0. The van der Waals surface area contributed by atoms with Gasteiger partial charge in [0.2, 0.25) is 10.0 Å². The van der Waals surface area contributed by atoms with Gasteiger partial charge < -0.3 is 4.74 Å². The molecule has 0 N–H and O–H groups in total. The molecule has 0 aliphatic rings. The van der Waals surface area contributed by atoms with E-state index < -0.39 is 27.9 Å². The smallest absolute Gasteiger partial charge is 0.340 e. The van der Waals surface area contributed by atoms with Crippen LogP contribution in [-0.4, -0.2) is 44.3 Å². The summed E-state index contributed by atoms with van der Waals surface area (Å²) in [6.07, 6.45) is 2.47. The fourth-order valence-electron chi connectivity index (χ4n) is 3.50. The summed E-state index contributed by atoms with van der Waals surface area (Å²) < 4.78 is 32.5. The van der Waals surface area contributed by atoms with Crippen LogP contribution in [0.1, 0.15) is 33.2 Å². The number of carbonyl (C=O) groups is 2. The Morgan fingerprint density at radius 1 is 1.07 bits per heavy atom. The van der Waals surface area contributed by atoms with Gasteiger partial charge in [-0.15, -0.1) is 0 Å². The fourth-order valence-corrected chi connectivity index (χ4v) is 4.66. The molecule has 0 saturated carbocycles. The van der Waals surface area contributed by atoms with Crippen LogP contribution in [0.3, 0.4) is 0 Å². The Balaban J connectivity index is 2.13. The largest absolute Gasteiger partial charge is 0.465 e. The van der Waals surface area contributed by atoms with Crippen LogP contribution in [0.4, 0.5) is 5.69 Å². The van der Waals surface area contributed by atoms with Crippen molar-refractivity contribution in [1.29, 1.82) is 0 Å². The van der Waals surface area contributed by atoms with Crippen LogP contribution < -0.4 is 4.31 Å². The second kappa shape index (κ2) is 7.95. The second-order valence-corrected chi connectivity index (χ2v) is 9.12. The zero-order valence-corrected chi connectivity index (χ0v) is 18.4. The number of nitrogens with zero attached hydrogens (tertiary/aromatic N) is 2. The lowest BCUT2D eigenvalue weighted by atomic mass is 10.1. The summed E-state index contributed by atoms with van der Waals surface area (Å²) in [6.45, 7) is 5.35. The minimum Gasteiger partial charge on any atom is -0.465 e. The number of benzene rings is 2. The number of methoxy groups -OCH3 is 1. The first kappa shape index (κ1) is 21.6. The number of aryl methyl sites for hydroxylation is 2. The lowest BCUT2D eigenvalue weighted by Gasteiger charge is -2.28. The molecule has 0 aliphatic heterocycles. The van der Waals surface area contributed by atoms with Crippen LogP contribution in [0.15, 0.2) is 48.7 Å². The van der Waals surface area contributed by atoms with Gasteiger partial charge in [-0.2, -0.15) is 0 Å². The summed E-state index contributed by atoms with van der Waals surface area (Å²) in [5.74, 6) is -1.05. The van der Waals surface area contributed by atoms with E-state index in [0.29, 0.717) is 16.6 Å². The van der Waals surface area contributed by atoms with Crippen molar-refractivity contribution in [2.24, 2.45) is 0 Å². The van der Waals surface area contributed by atoms with E-state index in [4.69, 9.17) is 4.74 Å². The van der Waals surface area contributed by atoms with Crippen molar-refractivity contribution < 1.29 is 22.7 Å². The molecule has 1 aromatic heterocycles. The average Bonchev–Trinajstić information content (AvgIpc) is 3.08. The Morgan fingerprint density at radius 2 is 1.73 bits per heavy atom. The van der Waals surface area contributed by atoms with E-state index in [1.54, 1.807) is 36.4 Å². The maximum atomic E-state index is 13.4. The molecule has 30 heavy (non-hydrogen) atoms. The maximum Gasteiger partial charge on any atom is 0.340 e. The van der Waals surface area contributed by atoms with Crippen molar-refractivity contribution in [2.75, 3.05) is 17.7 Å². The molecule has 0 saturated heterocycles. The van der Waals surface area contributed by atoms with Gasteiger partial charge in [-0.3, -0.25) is 13.7 Å². The van der Waals surface area contributed by atoms with Crippen LogP contribution in [-0.2, 0) is 14.8 Å². The minimum atomic E-state index is -3.76. The highest BCUT2D eigenvalue weighted by atomic mass is 32.2. The van der Waals surface area contributed by atoms with E-state index in [9.17, 15) is 18.0 Å². The maximum absolute atomic E-state index is 13.4. The van der Waals surface area contributed by atoms with Crippen molar-refractivity contribution in [3.63, 3.8) is 0 Å². The Morgan fingerprint density at radius 3 is 2.33 bits per heavy atom. The molecule has 0 amide bonds. The molecule has 0 aliphatic carbocycles. The summed E-state index contributed by atoms with van der Waals surface area (Å²) in [7, 11) is -2.49. The van der Waals surface area contributed by atoms with Crippen LogP contribution in [0.5, 0.6) is 0 Å². The number of esters is 1. The van der Waals surface area contributed by atoms with Crippen molar-refractivity contribution in [3.8, 4) is 0 Å². The van der Waals surface area contributed by atoms with Crippen LogP contribution in [0, 0.1) is 13.8 Å². The first-order valence-corrected chi connectivity index (χ1v) is 11.2. The normalized spacial score (nSPS) is 12.6. The molecule has 2 aromatic carbocycles. The number of anilines is 1. The third kappa shape index (κ3) is 3.82. The van der Waals surface area contributed by atoms with E-state index in [1.807, 2.05) is 19.9 Å². The number of hydrogen-bond acceptors (Lipinski definition) is 5. The molecule has 0 radical (unpaired) electrons. The van der Waals surface area contributed by atoms with Gasteiger partial charge in [0.25, 0.3) is 5.91 Å². The summed E-state index contributed by atoms with van der Waals surface area (Å²) in [5.41, 5.74) is 3.09. The van der Waals surface area contributed by atoms with E-state index in [2.05, 4.69) is 0 Å². The fraction of sp³-hybridized carbons (Fsp3) is 0.273. The summed E-state index contributed by atoms with van der Waals surface area (Å²) in [4.78, 5) is 25.6. The SMILES string of the molecule is COC(=O)c1cn(C(=O)[C@@H](C)N(c2ccc(C)c(C)c2)S(C)(=O)=O)c2ccccc12. The van der Waals surface area contributed by atoms with E-state index in [-0.39, 0.29) is 5.56 Å². The van der Waals surface area contributed by atoms with Gasteiger partial charge in [0.15, 0.2) is 0 Å². The van der Waals surface area contributed by atoms with E-state index >= 15 is 0 Å². The Labute approximate surface area is 175 Å². The average molecular weight is 429 g/mol. The Bertz CT molecular complexity index is 1240. The van der Waals surface area contributed by atoms with Crippen LogP contribution in [0.2, 0.25) is 0 Å². The van der Waals surface area contributed by atoms with E-state index in [1.165, 1.54) is 24.8 Å². The van der Waals surface area contributed by atoms with Crippen molar-refractivity contribution in [1.82, 2.24) is 4.57 Å². The molecular formula is C22H24N2O5S. The Kier molecular flexibility index (Phi) is 5.72. The molecular weight excluding hydrogens is 404 g/mol. The molecule has 8 heteroatoms. The third-order valence-corrected chi connectivity index (χ3v) is 6.41. The van der Waals surface area contributed by atoms with Gasteiger partial charge in [-0.25, -0.2) is 13.2 Å². The molecule has 3 aromatic rings. The highest BCUT2D eigenvalue weighted by Crippen LogP contribution is 2.27. The zero-order chi connectivity index (χ0) is 22.2. The van der Waals surface area contributed by atoms with Gasteiger partial charge >= 0.3 is 5.97 Å². The van der Waals surface area contributed by atoms with E-state index in [0.717, 1.165) is 21.7 Å². The standard InChI is InChI=1S/C22H24N2O5S/c1-14-10-11-17(12-15(14)2)24(30(5,27)28)16(3)21(25)23-13-19(22(26)29-4)18-8-6-7-9-20(18)23/h6-13,16H,1-5H3/t16-/m1/s1. The van der Waals surface area contributed by atoms with Gasteiger partial charge in [0.1, 0.15) is 6.04 Å². The number of aromatic nitrogens is 1. The highest BCUT2D eigenvalue weighted by Gasteiger charge is 2.31. The van der Waals surface area contributed by atoms with Crippen LogP contribution >= 0.6 is 0 Å². The predicted octanol–water partition coefficient (Wildman–Crippen LogP) is 3.54. The molecule has 158 valence electrons. The molecule has 1 heterocycles. The summed E-state index contributed by atoms with van der Waals surface area (Å²) in [6, 6.07) is 11.1.